The van der Waals surface area contributed by atoms with Gasteiger partial charge < -0.3 is 15.3 Å². The van der Waals surface area contributed by atoms with Gasteiger partial charge in [0.2, 0.25) is 11.2 Å². The summed E-state index contributed by atoms with van der Waals surface area (Å²) in [6.07, 6.45) is 2.20. The van der Waals surface area contributed by atoms with E-state index in [0.717, 1.165) is 20.7 Å². The average molecular weight is 353 g/mol. The number of aromatic nitrogens is 2. The second kappa shape index (κ2) is 6.45. The van der Waals surface area contributed by atoms with Gasteiger partial charge in [0.25, 0.3) is 0 Å². The number of fused-ring (bicyclic) bond motifs is 1. The molecule has 122 valence electrons. The van der Waals surface area contributed by atoms with Gasteiger partial charge in [0.05, 0.1) is 23.1 Å². The van der Waals surface area contributed by atoms with Crippen LogP contribution in [-0.4, -0.2) is 34.8 Å². The smallest absolute Gasteiger partial charge is 0.224 e. The molecule has 3 aromatic heterocycles. The van der Waals surface area contributed by atoms with Gasteiger partial charge in [-0.25, -0.2) is 4.98 Å². The number of aryl methyl sites for hydroxylation is 1. The highest BCUT2D eigenvalue weighted by molar-refractivity contribution is 7.19. The first-order valence-electron chi connectivity index (χ1n) is 7.10. The molecule has 3 aromatic rings. The minimum Gasteiger partial charge on any atom is -0.448 e. The zero-order chi connectivity index (χ0) is 16.6. The molecule has 0 aliphatic heterocycles. The van der Waals surface area contributed by atoms with Gasteiger partial charge in [0.1, 0.15) is 0 Å². The molecule has 0 unspecified atom stereocenters. The molecule has 0 saturated heterocycles. The van der Waals surface area contributed by atoms with Crippen molar-refractivity contribution in [2.24, 2.45) is 5.73 Å². The quantitative estimate of drug-likeness (QED) is 0.686. The van der Waals surface area contributed by atoms with Crippen LogP contribution in [0.3, 0.4) is 0 Å². The van der Waals surface area contributed by atoms with E-state index in [2.05, 4.69) is 9.97 Å². The van der Waals surface area contributed by atoms with Crippen molar-refractivity contribution in [1.82, 2.24) is 9.97 Å². The Bertz CT molecular complexity index is 819. The summed E-state index contributed by atoms with van der Waals surface area (Å²) in [5.41, 5.74) is 7.70. The lowest BCUT2D eigenvalue weighted by atomic mass is 10.1. The molecule has 8 heteroatoms. The number of nitrogens with two attached hydrogens (primary N) is 1. The van der Waals surface area contributed by atoms with Crippen molar-refractivity contribution in [3.63, 3.8) is 0 Å². The van der Waals surface area contributed by atoms with E-state index in [-0.39, 0.29) is 17.9 Å². The molecule has 1 atom stereocenters. The van der Waals surface area contributed by atoms with E-state index < -0.39 is 0 Å². The molecule has 0 radical (unpaired) electrons. The molecule has 6 nitrogen and oxygen atoms in total. The molecular formula is C15H17ClN4O2S. The zero-order valence-electron chi connectivity index (χ0n) is 12.8. The molecule has 0 bridgehead atoms. The normalized spacial score (nSPS) is 12.7. The fourth-order valence-electron chi connectivity index (χ4n) is 2.38. The van der Waals surface area contributed by atoms with Crippen LogP contribution in [0.25, 0.3) is 10.2 Å². The summed E-state index contributed by atoms with van der Waals surface area (Å²) in [5.74, 6) is 1.35. The van der Waals surface area contributed by atoms with Crippen LogP contribution >= 0.6 is 22.9 Å². The van der Waals surface area contributed by atoms with Gasteiger partial charge in [0.15, 0.2) is 5.82 Å². The van der Waals surface area contributed by atoms with E-state index in [1.165, 1.54) is 0 Å². The average Bonchev–Trinajstić information content (AvgIpc) is 3.16. The lowest BCUT2D eigenvalue weighted by Gasteiger charge is -2.15. The summed E-state index contributed by atoms with van der Waals surface area (Å²) in [4.78, 5) is 11.6. The number of rotatable bonds is 5. The standard InChI is InChI=1S/C15H17ClN4O2S/c1-8-10(6-9(17)7-21)23-13-12(8)18-15(16)19-14(13)20(2)11-4-3-5-22-11/h3-5,9,21H,6-7,17H2,1-2H3/t9-/m1/s1. The van der Waals surface area contributed by atoms with E-state index >= 15 is 0 Å². The molecule has 0 aromatic carbocycles. The first-order valence-corrected chi connectivity index (χ1v) is 8.30. The summed E-state index contributed by atoms with van der Waals surface area (Å²) < 4.78 is 6.35. The van der Waals surface area contributed by atoms with Gasteiger partial charge in [-0.05, 0) is 36.6 Å². The van der Waals surface area contributed by atoms with Crippen LogP contribution in [0.4, 0.5) is 11.7 Å². The topological polar surface area (TPSA) is 88.4 Å². The van der Waals surface area contributed by atoms with Crippen molar-refractivity contribution < 1.29 is 9.52 Å². The Morgan fingerprint density at radius 1 is 1.48 bits per heavy atom. The SMILES string of the molecule is Cc1c(C[C@@H](N)CO)sc2c(N(C)c3ccco3)nc(Cl)nc12. The number of aliphatic hydroxyl groups is 1. The Morgan fingerprint density at radius 2 is 2.26 bits per heavy atom. The van der Waals surface area contributed by atoms with E-state index in [1.54, 1.807) is 17.6 Å². The molecule has 23 heavy (non-hydrogen) atoms. The van der Waals surface area contributed by atoms with Crippen molar-refractivity contribution in [3.05, 3.63) is 34.1 Å². The van der Waals surface area contributed by atoms with Crippen molar-refractivity contribution in [3.8, 4) is 0 Å². The van der Waals surface area contributed by atoms with Crippen LogP contribution in [0.15, 0.2) is 22.8 Å². The molecule has 0 aliphatic carbocycles. The predicted octanol–water partition coefficient (Wildman–Crippen LogP) is 2.88. The van der Waals surface area contributed by atoms with Crippen molar-refractivity contribution in [2.75, 3.05) is 18.6 Å². The number of hydrogen-bond donors (Lipinski definition) is 2. The number of hydrogen-bond acceptors (Lipinski definition) is 7. The third-order valence-corrected chi connectivity index (χ3v) is 5.12. The molecule has 0 amide bonds. The number of nitrogens with zero attached hydrogens (tertiary/aromatic N) is 3. The summed E-state index contributed by atoms with van der Waals surface area (Å²) in [5, 5.41) is 9.37. The van der Waals surface area contributed by atoms with E-state index in [4.69, 9.17) is 21.8 Å². The summed E-state index contributed by atoms with van der Waals surface area (Å²) in [6.45, 7) is 1.93. The molecule has 3 heterocycles. The van der Waals surface area contributed by atoms with Gasteiger partial charge in [0, 0.05) is 24.0 Å². The first kappa shape index (κ1) is 16.2. The van der Waals surface area contributed by atoms with Crippen LogP contribution in [0.5, 0.6) is 0 Å². The lowest BCUT2D eigenvalue weighted by molar-refractivity contribution is 0.265. The van der Waals surface area contributed by atoms with Crippen LogP contribution in [-0.2, 0) is 6.42 Å². The number of aliphatic hydroxyl groups excluding tert-OH is 1. The Kier molecular flexibility index (Phi) is 4.54. The molecule has 3 rings (SSSR count). The maximum Gasteiger partial charge on any atom is 0.224 e. The van der Waals surface area contributed by atoms with Gasteiger partial charge in [-0.1, -0.05) is 0 Å². The third-order valence-electron chi connectivity index (χ3n) is 3.66. The molecule has 0 spiro atoms. The fraction of sp³-hybridized carbons (Fsp3) is 0.333. The summed E-state index contributed by atoms with van der Waals surface area (Å²) >= 11 is 7.67. The molecule has 0 fully saturated rings. The minimum absolute atomic E-state index is 0.0563. The van der Waals surface area contributed by atoms with Crippen molar-refractivity contribution in [2.45, 2.75) is 19.4 Å². The van der Waals surface area contributed by atoms with E-state index in [9.17, 15) is 5.11 Å². The maximum absolute atomic E-state index is 9.18. The van der Waals surface area contributed by atoms with Gasteiger partial charge in [-0.15, -0.1) is 11.3 Å². The van der Waals surface area contributed by atoms with Gasteiger partial charge >= 0.3 is 0 Å². The third kappa shape index (κ3) is 3.05. The monoisotopic (exact) mass is 352 g/mol. The molecular weight excluding hydrogens is 336 g/mol. The predicted molar refractivity (Wildman–Crippen MR) is 92.7 cm³/mol. The van der Waals surface area contributed by atoms with Crippen LogP contribution in [0, 0.1) is 6.92 Å². The Hall–Kier alpha value is -1.67. The minimum atomic E-state index is -0.295. The molecule has 0 aliphatic rings. The highest BCUT2D eigenvalue weighted by Gasteiger charge is 2.20. The highest BCUT2D eigenvalue weighted by atomic mass is 35.5. The maximum atomic E-state index is 9.18. The molecule has 0 saturated carbocycles. The van der Waals surface area contributed by atoms with Crippen LogP contribution in [0.1, 0.15) is 10.4 Å². The van der Waals surface area contributed by atoms with Crippen molar-refractivity contribution >= 4 is 44.9 Å². The van der Waals surface area contributed by atoms with E-state index in [0.29, 0.717) is 18.1 Å². The number of furan rings is 1. The Balaban J connectivity index is 2.13. The summed E-state index contributed by atoms with van der Waals surface area (Å²) in [6, 6.07) is 3.37. The van der Waals surface area contributed by atoms with Crippen molar-refractivity contribution in [1.29, 1.82) is 0 Å². The fourth-order valence-corrected chi connectivity index (χ4v) is 3.91. The summed E-state index contributed by atoms with van der Waals surface area (Å²) in [7, 11) is 1.87. The second-order valence-corrected chi connectivity index (χ2v) is 6.74. The van der Waals surface area contributed by atoms with Crippen LogP contribution in [0.2, 0.25) is 5.28 Å². The Labute approximate surface area is 142 Å². The number of anilines is 2. The number of thiophene rings is 1. The van der Waals surface area contributed by atoms with Gasteiger partial charge in [-0.3, -0.25) is 4.90 Å². The second-order valence-electron chi connectivity index (χ2n) is 5.30. The van der Waals surface area contributed by atoms with E-state index in [1.807, 2.05) is 31.0 Å². The van der Waals surface area contributed by atoms with Crippen LogP contribution < -0.4 is 10.6 Å². The number of halogens is 1. The van der Waals surface area contributed by atoms with Gasteiger partial charge in [-0.2, -0.15) is 4.98 Å². The Morgan fingerprint density at radius 3 is 2.91 bits per heavy atom. The first-order chi connectivity index (χ1) is 11.0. The lowest BCUT2D eigenvalue weighted by Crippen LogP contribution is -2.26. The highest BCUT2D eigenvalue weighted by Crippen LogP contribution is 2.38. The zero-order valence-corrected chi connectivity index (χ0v) is 14.4. The largest absolute Gasteiger partial charge is 0.448 e. The molecule has 3 N–H and O–H groups in total.